The molecule has 0 amide bonds. The van der Waals surface area contributed by atoms with Crippen LogP contribution < -0.4 is 0 Å². The van der Waals surface area contributed by atoms with E-state index in [9.17, 15) is 4.39 Å². The Labute approximate surface area is 171 Å². The van der Waals surface area contributed by atoms with Crippen molar-refractivity contribution in [2.75, 3.05) is 0 Å². The molecule has 3 heterocycles. The summed E-state index contributed by atoms with van der Waals surface area (Å²) in [7, 11) is 0. The molecular weight excluding hydrogens is 551 g/mol. The predicted molar refractivity (Wildman–Crippen MR) is 104 cm³/mol. The van der Waals surface area contributed by atoms with Gasteiger partial charge in [-0.2, -0.15) is 0 Å². The van der Waals surface area contributed by atoms with Crippen LogP contribution in [-0.2, 0) is 0 Å². The summed E-state index contributed by atoms with van der Waals surface area (Å²) in [5, 5.41) is 0.140. The standard InChI is InChI=1S/C15H6BBr3ClF3N2/c17-8-5-7(9(20)6-10(8)21)15-11-1-3-13(18)24(11)16(22,23)25-12(15)2-4-14(25)19/h1-6H. The molecule has 0 spiro atoms. The van der Waals surface area contributed by atoms with Gasteiger partial charge >= 0.3 is 6.97 Å². The molecule has 1 aromatic carbocycles. The second-order valence-corrected chi connectivity index (χ2v) is 8.42. The van der Waals surface area contributed by atoms with E-state index in [0.717, 1.165) is 15.0 Å². The van der Waals surface area contributed by atoms with Gasteiger partial charge in [-0.1, -0.05) is 11.6 Å². The second kappa shape index (κ2) is 5.87. The van der Waals surface area contributed by atoms with Crippen molar-refractivity contribution < 1.29 is 17.5 Å². The fourth-order valence-electron chi connectivity index (χ4n) is 3.12. The Morgan fingerprint density at radius 1 is 1.08 bits per heavy atom. The third kappa shape index (κ3) is 2.46. The van der Waals surface area contributed by atoms with E-state index in [0.29, 0.717) is 22.5 Å². The van der Waals surface area contributed by atoms with Crippen molar-refractivity contribution in [3.05, 3.63) is 73.3 Å². The number of rotatable bonds is 1. The van der Waals surface area contributed by atoms with E-state index in [1.54, 1.807) is 24.3 Å². The zero-order valence-corrected chi connectivity index (χ0v) is 17.6. The van der Waals surface area contributed by atoms with Crippen molar-refractivity contribution in [3.8, 4) is 0 Å². The molecular formula is C15H6BBr3ClF3N2. The first-order valence-electron chi connectivity index (χ1n) is 7.02. The molecule has 0 unspecified atom stereocenters. The zero-order chi connectivity index (χ0) is 18.1. The second-order valence-electron chi connectivity index (χ2n) is 5.53. The smallest absolute Gasteiger partial charge is 0.389 e. The predicted octanol–water partition coefficient (Wildman–Crippen LogP) is 6.18. The maximum atomic E-state index is 15.1. The maximum Gasteiger partial charge on any atom is 0.738 e. The van der Waals surface area contributed by atoms with E-state index in [2.05, 4.69) is 47.8 Å². The Balaban J connectivity index is 2.13. The van der Waals surface area contributed by atoms with Crippen LogP contribution in [0.15, 0.2) is 51.2 Å². The van der Waals surface area contributed by atoms with Crippen LogP contribution in [0, 0.1) is 5.82 Å². The molecule has 0 N–H and O–H groups in total. The van der Waals surface area contributed by atoms with E-state index < -0.39 is 12.8 Å². The average molecular weight is 557 g/mol. The molecule has 4 rings (SSSR count). The molecule has 2 aromatic rings. The topological polar surface area (TPSA) is 7.94 Å². The largest absolute Gasteiger partial charge is 0.738 e. The van der Waals surface area contributed by atoms with Gasteiger partial charge in [0.25, 0.3) is 0 Å². The molecule has 2 aliphatic heterocycles. The lowest BCUT2D eigenvalue weighted by atomic mass is 9.86. The summed E-state index contributed by atoms with van der Waals surface area (Å²) in [6.07, 6.45) is 3.14. The monoisotopic (exact) mass is 554 g/mol. The van der Waals surface area contributed by atoms with Crippen molar-refractivity contribution >= 4 is 76.6 Å². The first-order chi connectivity index (χ1) is 11.7. The molecule has 0 saturated heterocycles. The van der Waals surface area contributed by atoms with Crippen molar-refractivity contribution in [3.63, 3.8) is 0 Å². The first kappa shape index (κ1) is 17.6. The van der Waals surface area contributed by atoms with Crippen LogP contribution in [0.2, 0.25) is 5.02 Å². The number of hydrogen-bond acceptors (Lipinski definition) is 0. The summed E-state index contributed by atoms with van der Waals surface area (Å²) in [5.74, 6) is -0.521. The number of aromatic nitrogens is 1. The molecule has 0 aliphatic carbocycles. The van der Waals surface area contributed by atoms with Gasteiger partial charge in [0.05, 0.1) is 19.7 Å². The summed E-state index contributed by atoms with van der Waals surface area (Å²) in [5.41, 5.74) is 1.56. The number of fused-ring (bicyclic) bond motifs is 2. The van der Waals surface area contributed by atoms with E-state index in [-0.39, 0.29) is 18.7 Å². The highest BCUT2D eigenvalue weighted by molar-refractivity contribution is 9.18. The molecule has 10 heteroatoms. The van der Waals surface area contributed by atoms with E-state index in [1.165, 1.54) is 6.07 Å². The first-order valence-corrected chi connectivity index (χ1v) is 9.78. The number of nitrogens with zero attached hydrogens (tertiary/aromatic N) is 2. The van der Waals surface area contributed by atoms with Gasteiger partial charge < -0.3 is 17.6 Å². The Bertz CT molecular complexity index is 1040. The van der Waals surface area contributed by atoms with E-state index in [4.69, 9.17) is 11.6 Å². The SMILES string of the molecule is Fc1cc(Cl)c(C2=C3C=CC(Br)=[N+]3[B-](F)(F)n3c(Br)ccc32)cc1Br. The summed E-state index contributed by atoms with van der Waals surface area (Å²) in [4.78, 5) is 0. The van der Waals surface area contributed by atoms with Gasteiger partial charge in [0.1, 0.15) is 5.82 Å². The quantitative estimate of drug-likeness (QED) is 0.293. The van der Waals surface area contributed by atoms with Crippen LogP contribution in [-0.4, -0.2) is 20.6 Å². The van der Waals surface area contributed by atoms with Gasteiger partial charge in [-0.15, -0.1) is 0 Å². The highest BCUT2D eigenvalue weighted by Gasteiger charge is 2.54. The van der Waals surface area contributed by atoms with Crippen molar-refractivity contribution in [2.24, 2.45) is 0 Å². The van der Waals surface area contributed by atoms with Crippen LogP contribution in [0.3, 0.4) is 0 Å². The molecule has 2 aliphatic rings. The van der Waals surface area contributed by atoms with Crippen molar-refractivity contribution in [2.45, 2.75) is 0 Å². The molecule has 25 heavy (non-hydrogen) atoms. The number of hydrogen-bond donors (Lipinski definition) is 0. The summed E-state index contributed by atoms with van der Waals surface area (Å²) < 4.78 is 46.6. The summed E-state index contributed by atoms with van der Waals surface area (Å²) >= 11 is 15.8. The minimum atomic E-state index is -4.10. The molecule has 0 atom stereocenters. The number of allylic oxidation sites excluding steroid dienone is 2. The maximum absolute atomic E-state index is 15.1. The Morgan fingerprint density at radius 2 is 1.80 bits per heavy atom. The third-order valence-corrected chi connectivity index (χ3v) is 6.36. The average Bonchev–Trinajstić information content (AvgIpc) is 3.09. The van der Waals surface area contributed by atoms with Crippen molar-refractivity contribution in [1.82, 2.24) is 4.48 Å². The van der Waals surface area contributed by atoms with E-state index >= 15 is 8.63 Å². The molecule has 0 bridgehead atoms. The van der Waals surface area contributed by atoms with Gasteiger partial charge in [-0.3, -0.25) is 0 Å². The highest BCUT2D eigenvalue weighted by atomic mass is 79.9. The molecule has 0 radical (unpaired) electrons. The third-order valence-electron chi connectivity index (χ3n) is 4.15. The Hall–Kier alpha value is -0.765. The molecule has 128 valence electrons. The van der Waals surface area contributed by atoms with Gasteiger partial charge in [-0.25, -0.2) is 4.39 Å². The zero-order valence-electron chi connectivity index (χ0n) is 12.1. The van der Waals surface area contributed by atoms with Crippen LogP contribution in [0.25, 0.3) is 5.57 Å². The summed E-state index contributed by atoms with van der Waals surface area (Å²) in [6.45, 7) is -4.10. The van der Waals surface area contributed by atoms with Crippen LogP contribution in [0.4, 0.5) is 13.0 Å². The van der Waals surface area contributed by atoms with Gasteiger partial charge in [-0.05, 0) is 56.1 Å². The molecule has 0 saturated carbocycles. The highest BCUT2D eigenvalue weighted by Crippen LogP contribution is 2.44. The fraction of sp³-hybridized carbons (Fsp3) is 0. The lowest BCUT2D eigenvalue weighted by Gasteiger charge is -2.32. The normalized spacial score (nSPS) is 18.0. The summed E-state index contributed by atoms with van der Waals surface area (Å²) in [6, 6.07) is 5.81. The fourth-order valence-corrected chi connectivity index (χ4v) is 4.85. The van der Waals surface area contributed by atoms with Crippen LogP contribution >= 0.6 is 59.4 Å². The minimum absolute atomic E-state index is 0.140. The van der Waals surface area contributed by atoms with Gasteiger partial charge in [0.15, 0.2) is 5.70 Å². The van der Waals surface area contributed by atoms with Crippen LogP contribution in [0.5, 0.6) is 0 Å². The lowest BCUT2D eigenvalue weighted by Crippen LogP contribution is -2.50. The Morgan fingerprint density at radius 3 is 2.52 bits per heavy atom. The van der Waals surface area contributed by atoms with Gasteiger partial charge in [0.2, 0.25) is 4.62 Å². The molecule has 0 fully saturated rings. The Kier molecular flexibility index (Phi) is 4.14. The van der Waals surface area contributed by atoms with Crippen LogP contribution in [0.1, 0.15) is 11.3 Å². The van der Waals surface area contributed by atoms with E-state index in [1.807, 2.05) is 0 Å². The number of halogens is 7. The number of benzene rings is 1. The molecule has 1 aromatic heterocycles. The lowest BCUT2D eigenvalue weighted by molar-refractivity contribution is -0.358. The van der Waals surface area contributed by atoms with Gasteiger partial charge in [0, 0.05) is 39.3 Å². The minimum Gasteiger partial charge on any atom is -0.389 e. The van der Waals surface area contributed by atoms with Crippen molar-refractivity contribution in [1.29, 1.82) is 0 Å². The molecule has 2 nitrogen and oxygen atoms in total.